The Morgan fingerprint density at radius 2 is 1.95 bits per heavy atom. The number of ether oxygens (including phenoxy) is 1. The molecule has 0 atom stereocenters. The Labute approximate surface area is 121 Å². The Morgan fingerprint density at radius 1 is 1.24 bits per heavy atom. The summed E-state index contributed by atoms with van der Waals surface area (Å²) in [6, 6.07) is 3.36. The van der Waals surface area contributed by atoms with E-state index in [1.165, 1.54) is 12.1 Å². The maximum Gasteiger partial charge on any atom is 0.419 e. The van der Waals surface area contributed by atoms with Gasteiger partial charge in [0.1, 0.15) is 5.82 Å². The molecule has 0 heterocycles. The standard InChI is InChI=1S/C14H20F4N2O/c1-20(8-6-19-7-9-21-2)10-11-4-3-5-12(13(11)15)14(16,17)18/h3-5,19H,6-10H2,1-2H3. The van der Waals surface area contributed by atoms with Crippen LogP contribution in [0.4, 0.5) is 17.6 Å². The molecule has 1 rings (SSSR count). The van der Waals surface area contributed by atoms with E-state index in [-0.39, 0.29) is 12.1 Å². The van der Waals surface area contributed by atoms with Gasteiger partial charge in [0, 0.05) is 38.9 Å². The predicted molar refractivity (Wildman–Crippen MR) is 72.5 cm³/mol. The molecule has 0 amide bonds. The van der Waals surface area contributed by atoms with Gasteiger partial charge in [0.05, 0.1) is 12.2 Å². The number of alkyl halides is 3. The summed E-state index contributed by atoms with van der Waals surface area (Å²) < 4.78 is 56.5. The molecule has 0 aliphatic heterocycles. The number of rotatable bonds is 8. The van der Waals surface area contributed by atoms with Crippen LogP contribution in [0.2, 0.25) is 0 Å². The molecule has 0 aromatic heterocycles. The molecule has 1 aromatic rings. The zero-order valence-corrected chi connectivity index (χ0v) is 12.1. The summed E-state index contributed by atoms with van der Waals surface area (Å²) in [6.07, 6.45) is -4.67. The van der Waals surface area contributed by atoms with Gasteiger partial charge in [-0.15, -0.1) is 0 Å². The molecule has 0 saturated heterocycles. The molecule has 0 aliphatic carbocycles. The molecule has 3 nitrogen and oxygen atoms in total. The molecule has 0 bridgehead atoms. The summed E-state index contributed by atoms with van der Waals surface area (Å²) in [6.45, 7) is 2.66. The lowest BCUT2D eigenvalue weighted by Gasteiger charge is -2.18. The number of methoxy groups -OCH3 is 1. The summed E-state index contributed by atoms with van der Waals surface area (Å²) in [5.74, 6) is -1.19. The normalized spacial score (nSPS) is 12.1. The van der Waals surface area contributed by atoms with E-state index in [2.05, 4.69) is 5.32 Å². The quantitative estimate of drug-likeness (QED) is 0.590. The first kappa shape index (κ1) is 17.9. The summed E-state index contributed by atoms with van der Waals surface area (Å²) in [5.41, 5.74) is -1.17. The van der Waals surface area contributed by atoms with E-state index in [1.54, 1.807) is 19.1 Å². The largest absolute Gasteiger partial charge is 0.419 e. The van der Waals surface area contributed by atoms with Gasteiger partial charge in [-0.2, -0.15) is 13.2 Å². The van der Waals surface area contributed by atoms with E-state index < -0.39 is 17.6 Å². The van der Waals surface area contributed by atoms with E-state index in [1.807, 2.05) is 0 Å². The van der Waals surface area contributed by atoms with Crippen molar-refractivity contribution in [1.82, 2.24) is 10.2 Å². The van der Waals surface area contributed by atoms with Gasteiger partial charge in [0.15, 0.2) is 0 Å². The van der Waals surface area contributed by atoms with Gasteiger partial charge >= 0.3 is 6.18 Å². The average Bonchev–Trinajstić information content (AvgIpc) is 2.39. The highest BCUT2D eigenvalue weighted by molar-refractivity contribution is 5.28. The number of halogens is 4. The molecule has 0 spiro atoms. The molecular formula is C14H20F4N2O. The van der Waals surface area contributed by atoms with E-state index in [0.717, 1.165) is 6.07 Å². The number of nitrogens with zero attached hydrogens (tertiary/aromatic N) is 1. The van der Waals surface area contributed by atoms with Crippen LogP contribution in [-0.4, -0.2) is 45.3 Å². The second-order valence-corrected chi connectivity index (χ2v) is 4.76. The lowest BCUT2D eigenvalue weighted by atomic mass is 10.1. The smallest absolute Gasteiger partial charge is 0.383 e. The van der Waals surface area contributed by atoms with Crippen LogP contribution in [0.15, 0.2) is 18.2 Å². The lowest BCUT2D eigenvalue weighted by molar-refractivity contribution is -0.140. The van der Waals surface area contributed by atoms with Crippen LogP contribution in [-0.2, 0) is 17.5 Å². The van der Waals surface area contributed by atoms with Crippen molar-refractivity contribution in [2.24, 2.45) is 0 Å². The van der Waals surface area contributed by atoms with Crippen molar-refractivity contribution in [3.8, 4) is 0 Å². The molecule has 1 aromatic carbocycles. The summed E-state index contributed by atoms with van der Waals surface area (Å²) in [4.78, 5) is 1.76. The van der Waals surface area contributed by atoms with Gasteiger partial charge in [-0.3, -0.25) is 0 Å². The Bertz CT molecular complexity index is 437. The Kier molecular flexibility index (Phi) is 7.07. The lowest BCUT2D eigenvalue weighted by Crippen LogP contribution is -2.31. The third-order valence-corrected chi connectivity index (χ3v) is 2.98. The fourth-order valence-corrected chi connectivity index (χ4v) is 1.86. The third kappa shape index (κ3) is 5.99. The van der Waals surface area contributed by atoms with Gasteiger partial charge in [0.2, 0.25) is 0 Å². The zero-order chi connectivity index (χ0) is 15.9. The van der Waals surface area contributed by atoms with Crippen LogP contribution in [0.1, 0.15) is 11.1 Å². The van der Waals surface area contributed by atoms with E-state index in [0.29, 0.717) is 26.2 Å². The predicted octanol–water partition coefficient (Wildman–Crippen LogP) is 2.51. The van der Waals surface area contributed by atoms with E-state index in [9.17, 15) is 17.6 Å². The summed E-state index contributed by atoms with van der Waals surface area (Å²) in [7, 11) is 3.34. The minimum Gasteiger partial charge on any atom is -0.383 e. The fraction of sp³-hybridized carbons (Fsp3) is 0.571. The van der Waals surface area contributed by atoms with Crippen molar-refractivity contribution in [1.29, 1.82) is 0 Å². The summed E-state index contributed by atoms with van der Waals surface area (Å²) in [5, 5.41) is 3.11. The Hall–Kier alpha value is -1.18. The van der Waals surface area contributed by atoms with Crippen molar-refractivity contribution >= 4 is 0 Å². The minimum atomic E-state index is -4.67. The first-order valence-corrected chi connectivity index (χ1v) is 6.59. The first-order valence-electron chi connectivity index (χ1n) is 6.59. The molecule has 0 fully saturated rings. The molecular weight excluding hydrogens is 288 g/mol. The monoisotopic (exact) mass is 308 g/mol. The molecule has 0 aliphatic rings. The highest BCUT2D eigenvalue weighted by Gasteiger charge is 2.34. The number of hydrogen-bond acceptors (Lipinski definition) is 3. The Morgan fingerprint density at radius 3 is 2.57 bits per heavy atom. The van der Waals surface area contributed by atoms with Crippen molar-refractivity contribution in [2.45, 2.75) is 12.7 Å². The molecule has 0 saturated carbocycles. The van der Waals surface area contributed by atoms with Gasteiger partial charge in [-0.25, -0.2) is 4.39 Å². The number of likely N-dealkylation sites (N-methyl/N-ethyl adjacent to an activating group) is 1. The van der Waals surface area contributed by atoms with E-state index in [4.69, 9.17) is 4.74 Å². The van der Waals surface area contributed by atoms with Gasteiger partial charge in [-0.05, 0) is 13.1 Å². The van der Waals surface area contributed by atoms with Gasteiger partial charge in [-0.1, -0.05) is 12.1 Å². The molecule has 1 N–H and O–H groups in total. The van der Waals surface area contributed by atoms with Gasteiger partial charge in [0.25, 0.3) is 0 Å². The molecule has 0 unspecified atom stereocenters. The maximum atomic E-state index is 13.8. The van der Waals surface area contributed by atoms with Crippen LogP contribution < -0.4 is 5.32 Å². The second-order valence-electron chi connectivity index (χ2n) is 4.76. The molecule has 0 radical (unpaired) electrons. The Balaban J connectivity index is 2.55. The number of hydrogen-bond donors (Lipinski definition) is 1. The maximum absolute atomic E-state index is 13.8. The number of benzene rings is 1. The number of nitrogens with one attached hydrogen (secondary N) is 1. The van der Waals surface area contributed by atoms with Crippen LogP contribution >= 0.6 is 0 Å². The third-order valence-electron chi connectivity index (χ3n) is 2.98. The highest BCUT2D eigenvalue weighted by atomic mass is 19.4. The molecule has 7 heteroatoms. The van der Waals surface area contributed by atoms with Crippen LogP contribution in [0, 0.1) is 5.82 Å². The average molecular weight is 308 g/mol. The first-order chi connectivity index (χ1) is 9.86. The van der Waals surface area contributed by atoms with Crippen molar-refractivity contribution in [3.05, 3.63) is 35.1 Å². The van der Waals surface area contributed by atoms with Crippen molar-refractivity contribution in [3.63, 3.8) is 0 Å². The van der Waals surface area contributed by atoms with Gasteiger partial charge < -0.3 is 15.0 Å². The SMILES string of the molecule is COCCNCCN(C)Cc1cccc(C(F)(F)F)c1F. The topological polar surface area (TPSA) is 24.5 Å². The van der Waals surface area contributed by atoms with Crippen molar-refractivity contribution in [2.75, 3.05) is 40.4 Å². The molecule has 120 valence electrons. The second kappa shape index (κ2) is 8.31. The zero-order valence-electron chi connectivity index (χ0n) is 12.1. The van der Waals surface area contributed by atoms with Crippen LogP contribution in [0.3, 0.4) is 0 Å². The fourth-order valence-electron chi connectivity index (χ4n) is 1.86. The van der Waals surface area contributed by atoms with Crippen LogP contribution in [0.5, 0.6) is 0 Å². The molecule has 21 heavy (non-hydrogen) atoms. The van der Waals surface area contributed by atoms with E-state index >= 15 is 0 Å². The van der Waals surface area contributed by atoms with Crippen LogP contribution in [0.25, 0.3) is 0 Å². The minimum absolute atomic E-state index is 0.0456. The summed E-state index contributed by atoms with van der Waals surface area (Å²) >= 11 is 0. The van der Waals surface area contributed by atoms with Crippen molar-refractivity contribution < 1.29 is 22.3 Å². The highest BCUT2D eigenvalue weighted by Crippen LogP contribution is 2.32.